The van der Waals surface area contributed by atoms with Gasteiger partial charge in [-0.1, -0.05) is 39.2 Å². The molecule has 0 saturated carbocycles. The fraction of sp³-hybridized carbons (Fsp3) is 0.417. The highest BCUT2D eigenvalue weighted by Crippen LogP contribution is 2.24. The summed E-state index contributed by atoms with van der Waals surface area (Å²) in [5, 5.41) is 6.54. The lowest BCUT2D eigenvalue weighted by molar-refractivity contribution is -0.143. The maximum absolute atomic E-state index is 11.8. The van der Waals surface area contributed by atoms with Crippen LogP contribution in [-0.2, 0) is 9.53 Å². The first kappa shape index (κ1) is 15.5. The van der Waals surface area contributed by atoms with Gasteiger partial charge < -0.3 is 10.1 Å². The second-order valence-electron chi connectivity index (χ2n) is 3.74. The van der Waals surface area contributed by atoms with E-state index in [0.29, 0.717) is 19.5 Å². The molecule has 1 N–H and O–H groups in total. The summed E-state index contributed by atoms with van der Waals surface area (Å²) in [6, 6.07) is 6.92. The van der Waals surface area contributed by atoms with Gasteiger partial charge >= 0.3 is 5.97 Å². The van der Waals surface area contributed by atoms with Crippen molar-refractivity contribution < 1.29 is 9.53 Å². The highest BCUT2D eigenvalue weighted by atomic mass is 79.9. The number of azide groups is 1. The largest absolute Gasteiger partial charge is 0.468 e. The minimum Gasteiger partial charge on any atom is -0.468 e. The summed E-state index contributed by atoms with van der Waals surface area (Å²) in [7, 11) is 1.35. The van der Waals surface area contributed by atoms with Crippen LogP contribution in [0.25, 0.3) is 10.4 Å². The lowest BCUT2D eigenvalue weighted by atomic mass is 10.1. The first-order chi connectivity index (χ1) is 9.20. The van der Waals surface area contributed by atoms with Crippen molar-refractivity contribution >= 4 is 21.9 Å². The molecule has 102 valence electrons. The Hall–Kier alpha value is -1.56. The topological polar surface area (TPSA) is 87.1 Å². The molecule has 0 fully saturated rings. The molecule has 1 atom stereocenters. The molecule has 0 aliphatic heterocycles. The summed E-state index contributed by atoms with van der Waals surface area (Å²) < 4.78 is 5.64. The predicted octanol–water partition coefficient (Wildman–Crippen LogP) is 2.95. The average Bonchev–Trinajstić information content (AvgIpc) is 2.43. The summed E-state index contributed by atoms with van der Waals surface area (Å²) in [6.45, 7) is 0.952. The molecule has 7 heteroatoms. The molecule has 1 unspecified atom stereocenters. The number of carbonyl (C=O) groups is 1. The smallest absolute Gasteiger partial charge is 0.327 e. The van der Waals surface area contributed by atoms with Crippen molar-refractivity contribution in [2.24, 2.45) is 5.11 Å². The third kappa shape index (κ3) is 4.90. The Morgan fingerprint density at radius 1 is 1.58 bits per heavy atom. The summed E-state index contributed by atoms with van der Waals surface area (Å²) in [4.78, 5) is 14.5. The molecule has 0 aliphatic rings. The number of carbonyl (C=O) groups excluding carboxylic acids is 1. The van der Waals surface area contributed by atoms with Crippen LogP contribution < -0.4 is 5.32 Å². The van der Waals surface area contributed by atoms with Crippen molar-refractivity contribution in [2.75, 3.05) is 20.2 Å². The molecule has 1 aromatic rings. The summed E-state index contributed by atoms with van der Waals surface area (Å²) in [5.41, 5.74) is 8.99. The molecule has 0 saturated heterocycles. The Labute approximate surface area is 119 Å². The van der Waals surface area contributed by atoms with E-state index in [1.807, 2.05) is 24.3 Å². The van der Waals surface area contributed by atoms with Crippen LogP contribution in [-0.4, -0.2) is 26.2 Å². The van der Waals surface area contributed by atoms with Crippen molar-refractivity contribution in [3.05, 3.63) is 44.7 Å². The number of rotatable bonds is 7. The SMILES string of the molecule is COC(=O)C(NCCCN=[N+]=[N-])c1ccccc1Br. The molecule has 0 bridgehead atoms. The molecular formula is C12H15BrN4O2. The van der Waals surface area contributed by atoms with E-state index >= 15 is 0 Å². The predicted molar refractivity (Wildman–Crippen MR) is 75.5 cm³/mol. The number of methoxy groups -OCH3 is 1. The Bertz CT molecular complexity index is 475. The normalized spacial score (nSPS) is 11.5. The third-order valence-electron chi connectivity index (χ3n) is 2.50. The Morgan fingerprint density at radius 2 is 2.32 bits per heavy atom. The van der Waals surface area contributed by atoms with E-state index < -0.39 is 6.04 Å². The van der Waals surface area contributed by atoms with E-state index in [1.165, 1.54) is 7.11 Å². The van der Waals surface area contributed by atoms with Gasteiger partial charge in [0.1, 0.15) is 6.04 Å². The maximum atomic E-state index is 11.8. The van der Waals surface area contributed by atoms with Gasteiger partial charge in [-0.2, -0.15) is 0 Å². The summed E-state index contributed by atoms with van der Waals surface area (Å²) in [6.07, 6.45) is 0.655. The van der Waals surface area contributed by atoms with Gasteiger partial charge in [0.2, 0.25) is 0 Å². The molecule has 19 heavy (non-hydrogen) atoms. The molecule has 0 aromatic heterocycles. The lowest BCUT2D eigenvalue weighted by Gasteiger charge is -2.17. The van der Waals surface area contributed by atoms with Crippen LogP contribution in [0.1, 0.15) is 18.0 Å². The molecule has 0 heterocycles. The molecule has 0 aliphatic carbocycles. The highest BCUT2D eigenvalue weighted by Gasteiger charge is 2.22. The van der Waals surface area contributed by atoms with Crippen LogP contribution in [0, 0.1) is 0 Å². The summed E-state index contributed by atoms with van der Waals surface area (Å²) >= 11 is 3.41. The van der Waals surface area contributed by atoms with E-state index in [1.54, 1.807) is 0 Å². The van der Waals surface area contributed by atoms with Crippen molar-refractivity contribution in [3.8, 4) is 0 Å². The Kier molecular flexibility index (Phi) is 6.95. The number of benzene rings is 1. The van der Waals surface area contributed by atoms with Crippen LogP contribution in [0.15, 0.2) is 33.9 Å². The fourth-order valence-corrected chi connectivity index (χ4v) is 2.10. The highest BCUT2D eigenvalue weighted by molar-refractivity contribution is 9.10. The van der Waals surface area contributed by atoms with Crippen LogP contribution >= 0.6 is 15.9 Å². The van der Waals surface area contributed by atoms with E-state index in [2.05, 4.69) is 31.3 Å². The van der Waals surface area contributed by atoms with E-state index in [4.69, 9.17) is 10.3 Å². The van der Waals surface area contributed by atoms with Crippen molar-refractivity contribution in [3.63, 3.8) is 0 Å². The average molecular weight is 327 g/mol. The van der Waals surface area contributed by atoms with Crippen LogP contribution in [0.4, 0.5) is 0 Å². The monoisotopic (exact) mass is 326 g/mol. The molecule has 0 amide bonds. The minimum absolute atomic E-state index is 0.351. The van der Waals surface area contributed by atoms with Crippen LogP contribution in [0.5, 0.6) is 0 Å². The van der Waals surface area contributed by atoms with Gasteiger partial charge in [-0.25, -0.2) is 4.79 Å². The summed E-state index contributed by atoms with van der Waals surface area (Å²) in [5.74, 6) is -0.351. The number of nitrogens with zero attached hydrogens (tertiary/aromatic N) is 3. The van der Waals surface area contributed by atoms with Crippen LogP contribution in [0.2, 0.25) is 0 Å². The van der Waals surface area contributed by atoms with Gasteiger partial charge in [-0.05, 0) is 30.1 Å². The first-order valence-electron chi connectivity index (χ1n) is 5.77. The molecular weight excluding hydrogens is 312 g/mol. The second-order valence-corrected chi connectivity index (χ2v) is 4.59. The molecule has 6 nitrogen and oxygen atoms in total. The number of halogens is 1. The fourth-order valence-electron chi connectivity index (χ4n) is 1.59. The maximum Gasteiger partial charge on any atom is 0.327 e. The van der Waals surface area contributed by atoms with Gasteiger partial charge in [-0.15, -0.1) is 0 Å². The number of ether oxygens (including phenoxy) is 1. The zero-order valence-corrected chi connectivity index (χ0v) is 12.1. The minimum atomic E-state index is -0.536. The molecule has 0 radical (unpaired) electrons. The second kappa shape index (κ2) is 8.53. The molecule has 1 rings (SSSR count). The number of hydrogen-bond acceptors (Lipinski definition) is 4. The van der Waals surface area contributed by atoms with E-state index in [9.17, 15) is 4.79 Å². The van der Waals surface area contributed by atoms with Gasteiger partial charge in [0.05, 0.1) is 7.11 Å². The molecule has 1 aromatic carbocycles. The Morgan fingerprint density at radius 3 is 2.95 bits per heavy atom. The van der Waals surface area contributed by atoms with Gasteiger partial charge in [-0.3, -0.25) is 0 Å². The van der Waals surface area contributed by atoms with Crippen LogP contribution in [0.3, 0.4) is 0 Å². The van der Waals surface area contributed by atoms with Crippen molar-refractivity contribution in [1.29, 1.82) is 0 Å². The third-order valence-corrected chi connectivity index (χ3v) is 3.22. The lowest BCUT2D eigenvalue weighted by Crippen LogP contribution is -2.31. The standard InChI is InChI=1S/C12H15BrN4O2/c1-19-12(18)11(15-7-4-8-16-17-14)9-5-2-3-6-10(9)13/h2-3,5-6,11,15H,4,7-8H2,1H3. The quantitative estimate of drug-likeness (QED) is 0.275. The van der Waals surface area contributed by atoms with E-state index in [-0.39, 0.29) is 5.97 Å². The first-order valence-corrected chi connectivity index (χ1v) is 6.56. The zero-order valence-electron chi connectivity index (χ0n) is 10.5. The molecule has 0 spiro atoms. The van der Waals surface area contributed by atoms with Gasteiger partial charge in [0.25, 0.3) is 0 Å². The Balaban J connectivity index is 2.70. The number of nitrogens with one attached hydrogen (secondary N) is 1. The zero-order chi connectivity index (χ0) is 14.1. The number of hydrogen-bond donors (Lipinski definition) is 1. The van der Waals surface area contributed by atoms with Crippen molar-refractivity contribution in [1.82, 2.24) is 5.32 Å². The van der Waals surface area contributed by atoms with E-state index in [0.717, 1.165) is 10.0 Å². The van der Waals surface area contributed by atoms with Crippen molar-refractivity contribution in [2.45, 2.75) is 12.5 Å². The number of esters is 1. The van der Waals surface area contributed by atoms with Gasteiger partial charge in [0.15, 0.2) is 0 Å². The van der Waals surface area contributed by atoms with Gasteiger partial charge in [0, 0.05) is 15.9 Å².